The highest BCUT2D eigenvalue weighted by Gasteiger charge is 2.31. The van der Waals surface area contributed by atoms with Crippen LogP contribution in [0.25, 0.3) is 0 Å². The Morgan fingerprint density at radius 1 is 1.31 bits per heavy atom. The third-order valence-electron chi connectivity index (χ3n) is 2.95. The number of carbonyl (C=O) groups excluding carboxylic acids is 2. The smallest absolute Gasteiger partial charge is 0.239 e. The molecule has 1 aliphatic rings. The van der Waals surface area contributed by atoms with Crippen molar-refractivity contribution in [2.24, 2.45) is 11.7 Å². The van der Waals surface area contributed by atoms with Crippen LogP contribution in [0.15, 0.2) is 0 Å². The summed E-state index contributed by atoms with van der Waals surface area (Å²) in [6.07, 6.45) is 6.96. The summed E-state index contributed by atoms with van der Waals surface area (Å²) < 4.78 is 0. The van der Waals surface area contributed by atoms with Gasteiger partial charge in [0.15, 0.2) is 0 Å². The fourth-order valence-electron chi connectivity index (χ4n) is 1.70. The Hall–Kier alpha value is -1.06. The molecule has 0 aromatic carbocycles. The summed E-state index contributed by atoms with van der Waals surface area (Å²) in [5.41, 5.74) is 5.27. The van der Waals surface area contributed by atoms with Gasteiger partial charge >= 0.3 is 0 Å². The molecule has 0 aromatic heterocycles. The molecule has 4 nitrogen and oxygen atoms in total. The predicted molar refractivity (Wildman–Crippen MR) is 62.6 cm³/mol. The van der Waals surface area contributed by atoms with E-state index in [0.717, 1.165) is 32.1 Å². The van der Waals surface area contributed by atoms with Gasteiger partial charge in [-0.25, -0.2) is 0 Å². The first-order valence-corrected chi connectivity index (χ1v) is 6.24. The quantitative estimate of drug-likeness (QED) is 0.613. The van der Waals surface area contributed by atoms with Gasteiger partial charge in [-0.05, 0) is 19.3 Å². The molecule has 2 amide bonds. The van der Waals surface area contributed by atoms with E-state index in [9.17, 15) is 9.59 Å². The fraction of sp³-hybridized carbons (Fsp3) is 0.833. The van der Waals surface area contributed by atoms with Crippen molar-refractivity contribution in [3.63, 3.8) is 0 Å². The SMILES string of the molecule is CCCCCC[C@H](NC(=O)C1CC1)C(N)=O. The molecule has 16 heavy (non-hydrogen) atoms. The van der Waals surface area contributed by atoms with E-state index in [1.807, 2.05) is 0 Å². The third kappa shape index (κ3) is 4.64. The highest BCUT2D eigenvalue weighted by atomic mass is 16.2. The van der Waals surface area contributed by atoms with Gasteiger partial charge in [0, 0.05) is 5.92 Å². The van der Waals surface area contributed by atoms with Crippen molar-refractivity contribution in [3.05, 3.63) is 0 Å². The largest absolute Gasteiger partial charge is 0.368 e. The lowest BCUT2D eigenvalue weighted by atomic mass is 10.1. The molecule has 0 heterocycles. The maximum absolute atomic E-state index is 11.5. The van der Waals surface area contributed by atoms with Crippen LogP contribution >= 0.6 is 0 Å². The normalized spacial score (nSPS) is 16.8. The molecular weight excluding hydrogens is 204 g/mol. The fourth-order valence-corrected chi connectivity index (χ4v) is 1.70. The number of unbranched alkanes of at least 4 members (excludes halogenated alkanes) is 3. The Bertz CT molecular complexity index is 249. The van der Waals surface area contributed by atoms with Crippen molar-refractivity contribution >= 4 is 11.8 Å². The van der Waals surface area contributed by atoms with Crippen molar-refractivity contribution in [2.45, 2.75) is 57.9 Å². The van der Waals surface area contributed by atoms with Crippen LogP contribution in [0.2, 0.25) is 0 Å². The lowest BCUT2D eigenvalue weighted by molar-refractivity contribution is -0.128. The Labute approximate surface area is 97.0 Å². The van der Waals surface area contributed by atoms with Gasteiger partial charge in [0.05, 0.1) is 0 Å². The van der Waals surface area contributed by atoms with Crippen LogP contribution in [0, 0.1) is 5.92 Å². The second kappa shape index (κ2) is 6.51. The van der Waals surface area contributed by atoms with Gasteiger partial charge in [0.1, 0.15) is 6.04 Å². The summed E-state index contributed by atoms with van der Waals surface area (Å²) >= 11 is 0. The summed E-state index contributed by atoms with van der Waals surface area (Å²) in [6, 6.07) is -0.468. The number of primary amides is 1. The van der Waals surface area contributed by atoms with E-state index in [1.54, 1.807) is 0 Å². The first-order valence-electron chi connectivity index (χ1n) is 6.24. The molecule has 0 aliphatic heterocycles. The molecule has 1 rings (SSSR count). The Balaban J connectivity index is 2.23. The molecule has 1 fully saturated rings. The average molecular weight is 226 g/mol. The van der Waals surface area contributed by atoms with Gasteiger partial charge < -0.3 is 11.1 Å². The molecule has 0 spiro atoms. The minimum absolute atomic E-state index is 0.000656. The van der Waals surface area contributed by atoms with Crippen LogP contribution in [-0.2, 0) is 9.59 Å². The Morgan fingerprint density at radius 2 is 2.00 bits per heavy atom. The van der Waals surface area contributed by atoms with Crippen molar-refractivity contribution in [1.82, 2.24) is 5.32 Å². The molecule has 0 aromatic rings. The van der Waals surface area contributed by atoms with Crippen LogP contribution in [-0.4, -0.2) is 17.9 Å². The monoisotopic (exact) mass is 226 g/mol. The summed E-state index contributed by atoms with van der Waals surface area (Å²) in [5, 5.41) is 2.74. The van der Waals surface area contributed by atoms with Gasteiger partial charge in [-0.3, -0.25) is 9.59 Å². The van der Waals surface area contributed by atoms with Crippen LogP contribution in [0.5, 0.6) is 0 Å². The summed E-state index contributed by atoms with van der Waals surface area (Å²) in [4.78, 5) is 22.6. The number of hydrogen-bond acceptors (Lipinski definition) is 2. The van der Waals surface area contributed by atoms with Crippen LogP contribution in [0.1, 0.15) is 51.9 Å². The lowest BCUT2D eigenvalue weighted by Gasteiger charge is -2.15. The number of nitrogens with one attached hydrogen (secondary N) is 1. The van der Waals surface area contributed by atoms with Gasteiger partial charge in [-0.15, -0.1) is 0 Å². The Morgan fingerprint density at radius 3 is 2.50 bits per heavy atom. The second-order valence-corrected chi connectivity index (χ2v) is 4.59. The highest BCUT2D eigenvalue weighted by molar-refractivity contribution is 5.88. The highest BCUT2D eigenvalue weighted by Crippen LogP contribution is 2.29. The molecular formula is C12H22N2O2. The number of carbonyl (C=O) groups is 2. The van der Waals surface area contributed by atoms with E-state index >= 15 is 0 Å². The molecule has 0 radical (unpaired) electrons. The molecule has 0 saturated heterocycles. The maximum Gasteiger partial charge on any atom is 0.239 e. The maximum atomic E-state index is 11.5. The number of hydrogen-bond donors (Lipinski definition) is 2. The number of nitrogens with two attached hydrogens (primary N) is 1. The van der Waals surface area contributed by atoms with Crippen molar-refractivity contribution in [1.29, 1.82) is 0 Å². The van der Waals surface area contributed by atoms with E-state index < -0.39 is 11.9 Å². The molecule has 4 heteroatoms. The van der Waals surface area contributed by atoms with E-state index in [4.69, 9.17) is 5.73 Å². The summed E-state index contributed by atoms with van der Waals surface area (Å²) in [6.45, 7) is 2.14. The average Bonchev–Trinajstić information content (AvgIpc) is 3.05. The van der Waals surface area contributed by atoms with E-state index in [-0.39, 0.29) is 11.8 Å². The van der Waals surface area contributed by atoms with Crippen LogP contribution in [0.3, 0.4) is 0 Å². The van der Waals surface area contributed by atoms with E-state index in [2.05, 4.69) is 12.2 Å². The molecule has 1 saturated carbocycles. The standard InChI is InChI=1S/C12H22N2O2/c1-2-3-4-5-6-10(11(13)15)14-12(16)9-7-8-9/h9-10H,2-8H2,1H3,(H2,13,15)(H,14,16)/t10-/m0/s1. The topological polar surface area (TPSA) is 72.2 Å². The van der Waals surface area contributed by atoms with Gasteiger partial charge in [0.2, 0.25) is 11.8 Å². The number of amides is 2. The van der Waals surface area contributed by atoms with Crippen molar-refractivity contribution in [2.75, 3.05) is 0 Å². The Kier molecular flexibility index (Phi) is 5.29. The first-order chi connectivity index (χ1) is 7.65. The zero-order valence-electron chi connectivity index (χ0n) is 10.00. The lowest BCUT2D eigenvalue weighted by Crippen LogP contribution is -2.45. The van der Waals surface area contributed by atoms with Crippen molar-refractivity contribution in [3.8, 4) is 0 Å². The van der Waals surface area contributed by atoms with E-state index in [1.165, 1.54) is 6.42 Å². The zero-order valence-corrected chi connectivity index (χ0v) is 10.00. The molecule has 0 bridgehead atoms. The van der Waals surface area contributed by atoms with Crippen LogP contribution in [0.4, 0.5) is 0 Å². The molecule has 1 aliphatic carbocycles. The minimum atomic E-state index is -0.468. The van der Waals surface area contributed by atoms with Crippen molar-refractivity contribution < 1.29 is 9.59 Å². The van der Waals surface area contributed by atoms with Gasteiger partial charge in [-0.2, -0.15) is 0 Å². The van der Waals surface area contributed by atoms with E-state index in [0.29, 0.717) is 6.42 Å². The first kappa shape index (κ1) is 13.0. The van der Waals surface area contributed by atoms with Gasteiger partial charge in [-0.1, -0.05) is 32.6 Å². The zero-order chi connectivity index (χ0) is 12.0. The molecule has 0 unspecified atom stereocenters. The van der Waals surface area contributed by atoms with Gasteiger partial charge in [0.25, 0.3) is 0 Å². The molecule has 3 N–H and O–H groups in total. The second-order valence-electron chi connectivity index (χ2n) is 4.59. The summed E-state index contributed by atoms with van der Waals surface area (Å²) in [5.74, 6) is -0.276. The minimum Gasteiger partial charge on any atom is -0.368 e. The molecule has 92 valence electrons. The molecule has 1 atom stereocenters. The predicted octanol–water partition coefficient (Wildman–Crippen LogP) is 1.34. The number of rotatable bonds is 8. The summed E-state index contributed by atoms with van der Waals surface area (Å²) in [7, 11) is 0. The van der Waals surface area contributed by atoms with Crippen LogP contribution < -0.4 is 11.1 Å². The third-order valence-corrected chi connectivity index (χ3v) is 2.95.